The summed E-state index contributed by atoms with van der Waals surface area (Å²) in [6.45, 7) is 0. The maximum Gasteiger partial charge on any atom is 0.426 e. The highest BCUT2D eigenvalue weighted by atomic mass is 31.2. The van der Waals surface area contributed by atoms with Gasteiger partial charge in [0.15, 0.2) is 0 Å². The Morgan fingerprint density at radius 1 is 0.432 bits per heavy atom. The number of nitrogens with zero attached hydrogens (tertiary/aromatic N) is 2. The zero-order chi connectivity index (χ0) is 25.3. The van der Waals surface area contributed by atoms with Crippen molar-refractivity contribution in [1.82, 2.24) is 10.4 Å². The van der Waals surface area contributed by atoms with E-state index in [9.17, 15) is 4.57 Å². The lowest BCUT2D eigenvalue weighted by molar-refractivity contribution is 0.453. The smallest absolute Gasteiger partial charge is 0.420 e. The normalized spacial score (nSPS) is 11.0. The minimum absolute atomic E-state index is 0.466. The maximum absolute atomic E-state index is 14.8. The topological polar surface area (TPSA) is 56.8 Å². The summed E-state index contributed by atoms with van der Waals surface area (Å²) in [7, 11) is -3.86. The summed E-state index contributed by atoms with van der Waals surface area (Å²) in [6, 6.07) is 47.9. The van der Waals surface area contributed by atoms with E-state index in [-0.39, 0.29) is 0 Å². The number of rotatable bonds is 10. The van der Waals surface area contributed by atoms with Gasteiger partial charge in [0.1, 0.15) is 5.75 Å². The number of benzene rings is 5. The number of hydrazine groups is 2. The summed E-state index contributed by atoms with van der Waals surface area (Å²) in [5.41, 5.74) is 3.22. The molecule has 0 fully saturated rings. The first kappa shape index (κ1) is 24.3. The predicted molar refractivity (Wildman–Crippen MR) is 151 cm³/mol. The number of nitrogens with one attached hydrogen (secondary N) is 2. The molecule has 37 heavy (non-hydrogen) atoms. The van der Waals surface area contributed by atoms with Crippen LogP contribution in [0.3, 0.4) is 0 Å². The third-order valence-electron chi connectivity index (χ3n) is 5.50. The molecule has 184 valence electrons. The van der Waals surface area contributed by atoms with Crippen molar-refractivity contribution in [3.05, 3.63) is 152 Å². The molecule has 0 unspecified atom stereocenters. The van der Waals surface area contributed by atoms with Crippen molar-refractivity contribution in [3.63, 3.8) is 0 Å². The number of para-hydroxylation sites is 5. The van der Waals surface area contributed by atoms with Crippen LogP contribution >= 0.6 is 7.67 Å². The second-order valence-corrected chi connectivity index (χ2v) is 9.85. The molecule has 0 aliphatic carbocycles. The summed E-state index contributed by atoms with van der Waals surface area (Å²) in [6.07, 6.45) is 0. The van der Waals surface area contributed by atoms with E-state index in [1.54, 1.807) is 22.2 Å². The van der Waals surface area contributed by atoms with Crippen molar-refractivity contribution in [2.45, 2.75) is 0 Å². The lowest BCUT2D eigenvalue weighted by Gasteiger charge is -2.34. The quantitative estimate of drug-likeness (QED) is 0.149. The van der Waals surface area contributed by atoms with Gasteiger partial charge in [0, 0.05) is 0 Å². The van der Waals surface area contributed by atoms with Gasteiger partial charge in [-0.1, -0.05) is 91.0 Å². The summed E-state index contributed by atoms with van der Waals surface area (Å²) < 4.78 is 21.0. The van der Waals surface area contributed by atoms with Gasteiger partial charge in [0.25, 0.3) is 0 Å². The zero-order valence-corrected chi connectivity index (χ0v) is 21.0. The molecule has 5 aromatic rings. The SMILES string of the molecule is O=P(NN(c1ccccc1)c1ccccc1)(NN(c1ccccc1)c1ccccc1)Oc1ccccc1. The Morgan fingerprint density at radius 3 is 1.00 bits per heavy atom. The van der Waals surface area contributed by atoms with Gasteiger partial charge in [-0.05, 0) is 60.7 Å². The van der Waals surface area contributed by atoms with E-state index >= 15 is 0 Å². The van der Waals surface area contributed by atoms with E-state index in [1.807, 2.05) is 140 Å². The van der Waals surface area contributed by atoms with Crippen LogP contribution in [0.1, 0.15) is 0 Å². The van der Waals surface area contributed by atoms with Gasteiger partial charge in [0.05, 0.1) is 22.7 Å². The molecule has 2 N–H and O–H groups in total. The van der Waals surface area contributed by atoms with E-state index in [0.717, 1.165) is 22.7 Å². The van der Waals surface area contributed by atoms with Crippen LogP contribution in [0.25, 0.3) is 0 Å². The van der Waals surface area contributed by atoms with Crippen LogP contribution in [-0.2, 0) is 4.57 Å². The third kappa shape index (κ3) is 6.26. The van der Waals surface area contributed by atoms with E-state index in [1.165, 1.54) is 0 Å². The molecule has 5 aromatic carbocycles. The lowest BCUT2D eigenvalue weighted by atomic mass is 10.2. The highest BCUT2D eigenvalue weighted by molar-refractivity contribution is 7.55. The number of hydrogen-bond donors (Lipinski definition) is 2. The first-order valence-electron chi connectivity index (χ1n) is 11.9. The van der Waals surface area contributed by atoms with Gasteiger partial charge in [-0.2, -0.15) is 0 Å². The molecule has 5 rings (SSSR count). The van der Waals surface area contributed by atoms with Gasteiger partial charge >= 0.3 is 7.67 Å². The molecule has 0 aliphatic rings. The average molecular weight is 507 g/mol. The van der Waals surface area contributed by atoms with Crippen molar-refractivity contribution in [2.24, 2.45) is 0 Å². The minimum Gasteiger partial charge on any atom is -0.420 e. The second kappa shape index (κ2) is 11.6. The fourth-order valence-corrected chi connectivity index (χ4v) is 5.33. The van der Waals surface area contributed by atoms with Gasteiger partial charge in [-0.15, -0.1) is 10.4 Å². The standard InChI is InChI=1S/C30H27N4O2P/c35-37(36-30-24-14-5-15-25-30,31-33(26-16-6-1-7-17-26)27-18-8-2-9-19-27)32-34(28-20-10-3-11-21-28)29-22-12-4-13-23-29/h1-25H,(H2,31,32,35). The molecule has 0 aliphatic heterocycles. The summed E-state index contributed by atoms with van der Waals surface area (Å²) >= 11 is 0. The fraction of sp³-hybridized carbons (Fsp3) is 0. The lowest BCUT2D eigenvalue weighted by Crippen LogP contribution is -2.43. The van der Waals surface area contributed by atoms with Gasteiger partial charge < -0.3 is 4.52 Å². The molecule has 0 spiro atoms. The first-order chi connectivity index (χ1) is 18.2. The predicted octanol–water partition coefficient (Wildman–Crippen LogP) is 7.86. The zero-order valence-electron chi connectivity index (χ0n) is 20.1. The second-order valence-electron chi connectivity index (χ2n) is 8.17. The number of anilines is 4. The molecule has 0 saturated heterocycles. The first-order valence-corrected chi connectivity index (χ1v) is 13.5. The Morgan fingerprint density at radius 2 is 0.703 bits per heavy atom. The molecule has 0 amide bonds. The fourth-order valence-electron chi connectivity index (χ4n) is 3.79. The van der Waals surface area contributed by atoms with Crippen molar-refractivity contribution in [2.75, 3.05) is 10.0 Å². The maximum atomic E-state index is 14.8. The van der Waals surface area contributed by atoms with Gasteiger partial charge in [-0.25, -0.2) is 4.57 Å². The third-order valence-corrected chi connectivity index (χ3v) is 6.89. The summed E-state index contributed by atoms with van der Waals surface area (Å²) in [4.78, 5) is 0. The van der Waals surface area contributed by atoms with E-state index in [0.29, 0.717) is 5.75 Å². The highest BCUT2D eigenvalue weighted by Gasteiger charge is 2.32. The van der Waals surface area contributed by atoms with Crippen LogP contribution in [0.2, 0.25) is 0 Å². The van der Waals surface area contributed by atoms with Crippen LogP contribution < -0.4 is 24.9 Å². The highest BCUT2D eigenvalue weighted by Crippen LogP contribution is 2.44. The molecular weight excluding hydrogens is 479 g/mol. The van der Waals surface area contributed by atoms with Crippen LogP contribution in [-0.4, -0.2) is 0 Å². The Hall–Kier alpha value is -4.35. The van der Waals surface area contributed by atoms with Crippen LogP contribution in [0.15, 0.2) is 152 Å². The Balaban J connectivity index is 1.58. The molecular formula is C30H27N4O2P. The molecule has 0 saturated carbocycles. The Kier molecular flexibility index (Phi) is 7.63. The molecule has 0 bridgehead atoms. The van der Waals surface area contributed by atoms with Crippen molar-refractivity contribution >= 4 is 30.4 Å². The summed E-state index contributed by atoms with van der Waals surface area (Å²) in [5, 5.41) is 9.93. The molecule has 6 nitrogen and oxygen atoms in total. The van der Waals surface area contributed by atoms with E-state index in [4.69, 9.17) is 4.52 Å². The Bertz CT molecular complexity index is 1260. The molecule has 0 atom stereocenters. The molecule has 0 aromatic heterocycles. The van der Waals surface area contributed by atoms with Crippen molar-refractivity contribution in [1.29, 1.82) is 0 Å². The average Bonchev–Trinajstić information content (AvgIpc) is 2.97. The molecule has 7 heteroatoms. The van der Waals surface area contributed by atoms with Gasteiger partial charge in [-0.3, -0.25) is 10.0 Å². The van der Waals surface area contributed by atoms with Crippen molar-refractivity contribution in [3.8, 4) is 5.75 Å². The van der Waals surface area contributed by atoms with Crippen LogP contribution in [0.5, 0.6) is 5.75 Å². The Labute approximate surface area is 217 Å². The van der Waals surface area contributed by atoms with E-state index < -0.39 is 7.67 Å². The van der Waals surface area contributed by atoms with Crippen LogP contribution in [0, 0.1) is 0 Å². The molecule has 0 radical (unpaired) electrons. The minimum atomic E-state index is -3.86. The van der Waals surface area contributed by atoms with Crippen LogP contribution in [0.4, 0.5) is 22.7 Å². The van der Waals surface area contributed by atoms with Gasteiger partial charge in [0.2, 0.25) is 0 Å². The summed E-state index contributed by atoms with van der Waals surface area (Å²) in [5.74, 6) is 0.466. The molecule has 0 heterocycles. The monoisotopic (exact) mass is 506 g/mol. The largest absolute Gasteiger partial charge is 0.426 e. The number of hydrogen-bond acceptors (Lipinski definition) is 4. The van der Waals surface area contributed by atoms with Crippen molar-refractivity contribution < 1.29 is 9.09 Å². The van der Waals surface area contributed by atoms with E-state index in [2.05, 4.69) is 10.4 Å².